The Morgan fingerprint density at radius 3 is 2.64 bits per heavy atom. The predicted molar refractivity (Wildman–Crippen MR) is 41.6 cm³/mol. The number of methoxy groups -OCH3 is 1. The third kappa shape index (κ3) is 1.95. The number of rotatable bonds is 3. The molecule has 78 valence electrons. The Hall–Kier alpha value is -1.30. The van der Waals surface area contributed by atoms with Crippen molar-refractivity contribution < 1.29 is 23.0 Å². The van der Waals surface area contributed by atoms with Crippen LogP contribution >= 0.6 is 0 Å². The summed E-state index contributed by atoms with van der Waals surface area (Å²) in [7, 11) is 1.14. The standard InChI is InChI=1S/C8H8F3NO2/c1-14-5-2-6(9)12-4(3-13)7(5)8(10)11/h2,8,13H,3H2,1H3. The lowest BCUT2D eigenvalue weighted by atomic mass is 10.2. The maximum Gasteiger partial charge on any atom is 0.269 e. The normalized spacial score (nSPS) is 10.7. The van der Waals surface area contributed by atoms with E-state index in [1.165, 1.54) is 0 Å². The molecule has 0 aliphatic carbocycles. The van der Waals surface area contributed by atoms with E-state index in [0.717, 1.165) is 13.2 Å². The van der Waals surface area contributed by atoms with Crippen LogP contribution in [0.2, 0.25) is 0 Å². The van der Waals surface area contributed by atoms with Gasteiger partial charge in [-0.1, -0.05) is 0 Å². The number of aromatic nitrogens is 1. The van der Waals surface area contributed by atoms with E-state index in [0.29, 0.717) is 0 Å². The zero-order valence-corrected chi connectivity index (χ0v) is 7.30. The second-order valence-corrected chi connectivity index (χ2v) is 2.47. The fourth-order valence-electron chi connectivity index (χ4n) is 1.07. The quantitative estimate of drug-likeness (QED) is 0.766. The van der Waals surface area contributed by atoms with Crippen LogP contribution in [0.25, 0.3) is 0 Å². The number of nitrogens with zero attached hydrogens (tertiary/aromatic N) is 1. The van der Waals surface area contributed by atoms with Crippen LogP contribution in [-0.4, -0.2) is 17.2 Å². The van der Waals surface area contributed by atoms with Crippen LogP contribution < -0.4 is 4.74 Å². The number of pyridine rings is 1. The molecule has 0 aliphatic heterocycles. The highest BCUT2D eigenvalue weighted by molar-refractivity contribution is 5.37. The number of aliphatic hydroxyl groups excluding tert-OH is 1. The van der Waals surface area contributed by atoms with Gasteiger partial charge in [-0.25, -0.2) is 13.8 Å². The summed E-state index contributed by atoms with van der Waals surface area (Å²) >= 11 is 0. The lowest BCUT2D eigenvalue weighted by Gasteiger charge is -2.10. The van der Waals surface area contributed by atoms with Gasteiger partial charge in [0.25, 0.3) is 6.43 Å². The maximum absolute atomic E-state index is 12.7. The van der Waals surface area contributed by atoms with Crippen LogP contribution in [0, 0.1) is 5.95 Å². The second kappa shape index (κ2) is 4.28. The minimum absolute atomic E-state index is 0.309. The van der Waals surface area contributed by atoms with Crippen molar-refractivity contribution in [1.29, 1.82) is 0 Å². The first-order valence-corrected chi connectivity index (χ1v) is 3.72. The summed E-state index contributed by atoms with van der Waals surface area (Å²) in [5, 5.41) is 8.69. The van der Waals surface area contributed by atoms with Gasteiger partial charge in [0.1, 0.15) is 5.75 Å². The maximum atomic E-state index is 12.7. The lowest BCUT2D eigenvalue weighted by molar-refractivity contribution is 0.141. The smallest absolute Gasteiger partial charge is 0.269 e. The summed E-state index contributed by atoms with van der Waals surface area (Å²) in [5.74, 6) is -1.27. The van der Waals surface area contributed by atoms with Crippen LogP contribution in [0.4, 0.5) is 13.2 Å². The molecule has 0 unspecified atom stereocenters. The molecular weight excluding hydrogens is 199 g/mol. The van der Waals surface area contributed by atoms with Gasteiger partial charge >= 0.3 is 0 Å². The highest BCUT2D eigenvalue weighted by Crippen LogP contribution is 2.31. The molecule has 0 amide bonds. The summed E-state index contributed by atoms with van der Waals surface area (Å²) in [6.45, 7) is -0.756. The van der Waals surface area contributed by atoms with Gasteiger partial charge in [0.2, 0.25) is 5.95 Å². The van der Waals surface area contributed by atoms with Gasteiger partial charge in [-0.05, 0) is 0 Å². The van der Waals surface area contributed by atoms with Gasteiger partial charge in [0.15, 0.2) is 0 Å². The van der Waals surface area contributed by atoms with Gasteiger partial charge < -0.3 is 9.84 Å². The highest BCUT2D eigenvalue weighted by atomic mass is 19.3. The second-order valence-electron chi connectivity index (χ2n) is 2.47. The molecule has 0 bridgehead atoms. The summed E-state index contributed by atoms with van der Waals surface area (Å²) in [6, 6.07) is 0.751. The van der Waals surface area contributed by atoms with E-state index in [1.807, 2.05) is 0 Å². The molecule has 0 saturated carbocycles. The van der Waals surface area contributed by atoms with Gasteiger partial charge in [-0.3, -0.25) is 0 Å². The van der Waals surface area contributed by atoms with Gasteiger partial charge in [-0.15, -0.1) is 0 Å². The molecule has 0 spiro atoms. The molecule has 1 aromatic rings. The van der Waals surface area contributed by atoms with E-state index in [-0.39, 0.29) is 5.75 Å². The zero-order chi connectivity index (χ0) is 10.7. The Balaban J connectivity index is 3.33. The molecule has 6 heteroatoms. The van der Waals surface area contributed by atoms with Crippen LogP contribution in [0.1, 0.15) is 17.7 Å². The van der Waals surface area contributed by atoms with E-state index >= 15 is 0 Å². The fraction of sp³-hybridized carbons (Fsp3) is 0.375. The van der Waals surface area contributed by atoms with Crippen molar-refractivity contribution in [3.05, 3.63) is 23.3 Å². The number of hydrogen-bond donors (Lipinski definition) is 1. The molecule has 1 rings (SSSR count). The Morgan fingerprint density at radius 1 is 1.57 bits per heavy atom. The number of halogens is 3. The Bertz CT molecular complexity index is 305. The minimum atomic E-state index is -2.86. The molecule has 0 saturated heterocycles. The van der Waals surface area contributed by atoms with Gasteiger partial charge in [-0.2, -0.15) is 4.39 Å². The Labute approximate surface area is 78.2 Å². The van der Waals surface area contributed by atoms with E-state index in [2.05, 4.69) is 9.72 Å². The molecule has 1 N–H and O–H groups in total. The third-order valence-corrected chi connectivity index (χ3v) is 1.66. The Morgan fingerprint density at radius 2 is 2.21 bits per heavy atom. The molecule has 3 nitrogen and oxygen atoms in total. The molecule has 0 radical (unpaired) electrons. The summed E-state index contributed by atoms with van der Waals surface area (Å²) in [5.41, 5.74) is -0.978. The number of hydrogen-bond acceptors (Lipinski definition) is 3. The topological polar surface area (TPSA) is 42.4 Å². The molecule has 1 heterocycles. The zero-order valence-electron chi connectivity index (χ0n) is 7.30. The van der Waals surface area contributed by atoms with Crippen molar-refractivity contribution in [2.75, 3.05) is 7.11 Å². The van der Waals surface area contributed by atoms with Crippen LogP contribution in [0.5, 0.6) is 5.75 Å². The van der Waals surface area contributed by atoms with Gasteiger partial charge in [0, 0.05) is 6.07 Å². The fourth-order valence-corrected chi connectivity index (χ4v) is 1.07. The molecule has 1 aromatic heterocycles. The first kappa shape index (κ1) is 10.8. The van der Waals surface area contributed by atoms with Crippen molar-refractivity contribution in [3.63, 3.8) is 0 Å². The van der Waals surface area contributed by atoms with Crippen molar-refractivity contribution in [2.45, 2.75) is 13.0 Å². The Kier molecular flexibility index (Phi) is 3.29. The lowest BCUT2D eigenvalue weighted by Crippen LogP contribution is -2.04. The average Bonchev–Trinajstić information content (AvgIpc) is 2.15. The highest BCUT2D eigenvalue weighted by Gasteiger charge is 2.21. The number of aliphatic hydroxyl groups is 1. The van der Waals surface area contributed by atoms with Crippen LogP contribution in [0.15, 0.2) is 6.07 Å². The average molecular weight is 207 g/mol. The minimum Gasteiger partial charge on any atom is -0.496 e. The summed E-state index contributed by atoms with van der Waals surface area (Å²) < 4.78 is 42.1. The summed E-state index contributed by atoms with van der Waals surface area (Å²) in [6.07, 6.45) is -2.86. The van der Waals surface area contributed by atoms with Crippen LogP contribution in [-0.2, 0) is 6.61 Å². The van der Waals surface area contributed by atoms with Crippen molar-refractivity contribution >= 4 is 0 Å². The van der Waals surface area contributed by atoms with E-state index in [9.17, 15) is 13.2 Å². The first-order chi connectivity index (χ1) is 6.60. The van der Waals surface area contributed by atoms with Crippen molar-refractivity contribution in [3.8, 4) is 5.75 Å². The molecule has 0 atom stereocenters. The van der Waals surface area contributed by atoms with Crippen LogP contribution in [0.3, 0.4) is 0 Å². The predicted octanol–water partition coefficient (Wildman–Crippen LogP) is 1.66. The van der Waals surface area contributed by atoms with E-state index in [4.69, 9.17) is 5.11 Å². The molecule has 0 fully saturated rings. The molecule has 0 aliphatic rings. The first-order valence-electron chi connectivity index (χ1n) is 3.72. The summed E-state index contributed by atoms with van der Waals surface area (Å²) in [4.78, 5) is 3.14. The monoisotopic (exact) mass is 207 g/mol. The molecule has 14 heavy (non-hydrogen) atoms. The number of alkyl halides is 2. The molecule has 0 aromatic carbocycles. The van der Waals surface area contributed by atoms with Crippen molar-refractivity contribution in [2.24, 2.45) is 0 Å². The van der Waals surface area contributed by atoms with Crippen molar-refractivity contribution in [1.82, 2.24) is 4.98 Å². The van der Waals surface area contributed by atoms with Gasteiger partial charge in [0.05, 0.1) is 25.0 Å². The number of ether oxygens (including phenoxy) is 1. The van der Waals surface area contributed by atoms with E-state index < -0.39 is 30.2 Å². The SMILES string of the molecule is COc1cc(F)nc(CO)c1C(F)F. The van der Waals surface area contributed by atoms with E-state index in [1.54, 1.807) is 0 Å². The molecular formula is C8H8F3NO2. The largest absolute Gasteiger partial charge is 0.496 e. The third-order valence-electron chi connectivity index (χ3n) is 1.66.